The van der Waals surface area contributed by atoms with Gasteiger partial charge in [-0.25, -0.2) is 8.42 Å². The van der Waals surface area contributed by atoms with Crippen molar-refractivity contribution in [1.29, 1.82) is 0 Å². The molecule has 0 heterocycles. The molecule has 0 saturated heterocycles. The summed E-state index contributed by atoms with van der Waals surface area (Å²) in [5.74, 6) is -0.334. The van der Waals surface area contributed by atoms with Crippen LogP contribution >= 0.6 is 11.6 Å². The molecular weight excluding hydrogens is 384 g/mol. The second-order valence-electron chi connectivity index (χ2n) is 6.64. The molecule has 7 heteroatoms. The van der Waals surface area contributed by atoms with E-state index < -0.39 is 10.0 Å². The van der Waals surface area contributed by atoms with Crippen molar-refractivity contribution in [2.75, 3.05) is 23.7 Å². The van der Waals surface area contributed by atoms with Gasteiger partial charge < -0.3 is 5.32 Å². The third kappa shape index (κ3) is 6.56. The molecule has 0 spiro atoms. The van der Waals surface area contributed by atoms with Crippen LogP contribution in [0.15, 0.2) is 42.5 Å². The van der Waals surface area contributed by atoms with Crippen LogP contribution < -0.4 is 9.62 Å². The van der Waals surface area contributed by atoms with E-state index in [9.17, 15) is 13.2 Å². The van der Waals surface area contributed by atoms with Crippen molar-refractivity contribution in [3.63, 3.8) is 0 Å². The van der Waals surface area contributed by atoms with Gasteiger partial charge in [-0.1, -0.05) is 41.4 Å². The highest BCUT2D eigenvalue weighted by molar-refractivity contribution is 7.92. The summed E-state index contributed by atoms with van der Waals surface area (Å²) in [6.07, 6.45) is 2.73. The minimum atomic E-state index is -3.60. The summed E-state index contributed by atoms with van der Waals surface area (Å²) in [5.41, 5.74) is 3.58. The Bertz CT molecular complexity index is 913. The Balaban J connectivity index is 1.94. The van der Waals surface area contributed by atoms with Crippen molar-refractivity contribution in [3.8, 4) is 0 Å². The van der Waals surface area contributed by atoms with E-state index in [2.05, 4.69) is 17.4 Å². The fraction of sp³-hybridized carbons (Fsp3) is 0.350. The van der Waals surface area contributed by atoms with Crippen LogP contribution in [-0.4, -0.2) is 33.7 Å². The molecule has 0 aliphatic heterocycles. The SMILES string of the molecule is Cc1cccc(CCCNC(=O)CN(c2ccc(Cl)cc2C)S(C)(=O)=O)c1. The zero-order valence-corrected chi connectivity index (χ0v) is 17.4. The van der Waals surface area contributed by atoms with Crippen LogP contribution in [-0.2, 0) is 21.2 Å². The van der Waals surface area contributed by atoms with E-state index in [0.29, 0.717) is 22.8 Å². The van der Waals surface area contributed by atoms with E-state index in [1.165, 1.54) is 11.1 Å². The van der Waals surface area contributed by atoms with Crippen LogP contribution in [0.25, 0.3) is 0 Å². The Hall–Kier alpha value is -2.05. The van der Waals surface area contributed by atoms with Crippen LogP contribution in [0, 0.1) is 13.8 Å². The van der Waals surface area contributed by atoms with E-state index in [0.717, 1.165) is 23.4 Å². The number of carbonyl (C=O) groups excluding carboxylic acids is 1. The average Bonchev–Trinajstić information content (AvgIpc) is 2.56. The highest BCUT2D eigenvalue weighted by atomic mass is 35.5. The Morgan fingerprint density at radius 3 is 2.52 bits per heavy atom. The van der Waals surface area contributed by atoms with Gasteiger partial charge in [0.25, 0.3) is 0 Å². The predicted molar refractivity (Wildman–Crippen MR) is 111 cm³/mol. The van der Waals surface area contributed by atoms with E-state index in [1.54, 1.807) is 25.1 Å². The number of halogens is 1. The van der Waals surface area contributed by atoms with E-state index in [-0.39, 0.29) is 12.5 Å². The number of nitrogens with one attached hydrogen (secondary N) is 1. The highest BCUT2D eigenvalue weighted by Crippen LogP contribution is 2.25. The average molecular weight is 409 g/mol. The zero-order valence-electron chi connectivity index (χ0n) is 15.8. The van der Waals surface area contributed by atoms with Crippen LogP contribution in [0.5, 0.6) is 0 Å². The zero-order chi connectivity index (χ0) is 20.0. The summed E-state index contributed by atoms with van der Waals surface area (Å²) in [7, 11) is -3.60. The first-order valence-electron chi connectivity index (χ1n) is 8.73. The molecular formula is C20H25ClN2O3S. The summed E-state index contributed by atoms with van der Waals surface area (Å²) in [6.45, 7) is 4.04. The standard InChI is InChI=1S/C20H25ClN2O3S/c1-15-6-4-7-17(12-15)8-5-11-22-20(24)14-23(27(3,25)26)19-10-9-18(21)13-16(19)2/h4,6-7,9-10,12-13H,5,8,11,14H2,1-3H3,(H,22,24). The molecule has 2 aromatic carbocycles. The third-order valence-corrected chi connectivity index (χ3v) is 5.52. The number of carbonyl (C=O) groups is 1. The highest BCUT2D eigenvalue weighted by Gasteiger charge is 2.22. The maximum absolute atomic E-state index is 12.3. The third-order valence-electron chi connectivity index (χ3n) is 4.16. The molecule has 0 atom stereocenters. The van der Waals surface area contributed by atoms with E-state index >= 15 is 0 Å². The first-order valence-corrected chi connectivity index (χ1v) is 11.0. The van der Waals surface area contributed by atoms with E-state index in [4.69, 9.17) is 11.6 Å². The minimum absolute atomic E-state index is 0.258. The summed E-state index contributed by atoms with van der Waals surface area (Å²) in [5, 5.41) is 3.32. The van der Waals surface area contributed by atoms with Gasteiger partial charge in [-0.05, 0) is 56.0 Å². The molecule has 0 saturated carbocycles. The fourth-order valence-electron chi connectivity index (χ4n) is 2.85. The molecule has 1 N–H and O–H groups in total. The minimum Gasteiger partial charge on any atom is -0.355 e. The van der Waals surface area contributed by atoms with Crippen LogP contribution in [0.2, 0.25) is 5.02 Å². The van der Waals surface area contributed by atoms with Gasteiger partial charge in [0.15, 0.2) is 0 Å². The summed E-state index contributed by atoms with van der Waals surface area (Å²) < 4.78 is 25.4. The van der Waals surface area contributed by atoms with E-state index in [1.807, 2.05) is 19.1 Å². The Labute approximate surface area is 166 Å². The molecule has 2 rings (SSSR count). The number of anilines is 1. The molecule has 0 aliphatic rings. The molecule has 0 aromatic heterocycles. The Morgan fingerprint density at radius 2 is 1.89 bits per heavy atom. The summed E-state index contributed by atoms with van der Waals surface area (Å²) >= 11 is 5.94. The van der Waals surface area contributed by atoms with Crippen molar-refractivity contribution in [2.24, 2.45) is 0 Å². The molecule has 5 nitrogen and oxygen atoms in total. The van der Waals surface area contributed by atoms with Crippen molar-refractivity contribution < 1.29 is 13.2 Å². The van der Waals surface area contributed by atoms with Gasteiger partial charge in [0.2, 0.25) is 15.9 Å². The lowest BCUT2D eigenvalue weighted by Gasteiger charge is -2.23. The molecule has 27 heavy (non-hydrogen) atoms. The molecule has 146 valence electrons. The summed E-state index contributed by atoms with van der Waals surface area (Å²) in [6, 6.07) is 13.1. The normalized spacial score (nSPS) is 11.3. The Morgan fingerprint density at radius 1 is 1.15 bits per heavy atom. The van der Waals surface area contributed by atoms with Gasteiger partial charge in [-0.2, -0.15) is 0 Å². The second kappa shape index (κ2) is 9.24. The summed E-state index contributed by atoms with van der Waals surface area (Å²) in [4.78, 5) is 12.3. The van der Waals surface area contributed by atoms with Crippen molar-refractivity contribution in [1.82, 2.24) is 5.32 Å². The number of rotatable bonds is 8. The monoisotopic (exact) mass is 408 g/mol. The molecule has 2 aromatic rings. The number of hydrogen-bond acceptors (Lipinski definition) is 3. The Kier molecular flexibility index (Phi) is 7.27. The maximum atomic E-state index is 12.3. The molecule has 0 bridgehead atoms. The number of amides is 1. The molecule has 0 aliphatic carbocycles. The topological polar surface area (TPSA) is 66.5 Å². The van der Waals surface area contributed by atoms with Crippen molar-refractivity contribution in [2.45, 2.75) is 26.7 Å². The molecule has 0 fully saturated rings. The van der Waals surface area contributed by atoms with Gasteiger partial charge in [0.1, 0.15) is 6.54 Å². The largest absolute Gasteiger partial charge is 0.355 e. The van der Waals surface area contributed by atoms with Gasteiger partial charge in [-0.3, -0.25) is 9.10 Å². The number of nitrogens with zero attached hydrogens (tertiary/aromatic N) is 1. The lowest BCUT2D eigenvalue weighted by atomic mass is 10.1. The number of aryl methyl sites for hydroxylation is 3. The lowest BCUT2D eigenvalue weighted by Crippen LogP contribution is -2.41. The fourth-order valence-corrected chi connectivity index (χ4v) is 3.99. The number of hydrogen-bond donors (Lipinski definition) is 1. The van der Waals surface area contributed by atoms with Crippen LogP contribution in [0.1, 0.15) is 23.1 Å². The molecule has 0 unspecified atom stereocenters. The lowest BCUT2D eigenvalue weighted by molar-refractivity contribution is -0.119. The van der Waals surface area contributed by atoms with Crippen molar-refractivity contribution >= 4 is 33.2 Å². The number of sulfonamides is 1. The first kappa shape index (κ1) is 21.3. The smallest absolute Gasteiger partial charge is 0.240 e. The second-order valence-corrected chi connectivity index (χ2v) is 8.99. The van der Waals surface area contributed by atoms with Gasteiger partial charge >= 0.3 is 0 Å². The van der Waals surface area contributed by atoms with Crippen LogP contribution in [0.3, 0.4) is 0 Å². The van der Waals surface area contributed by atoms with Gasteiger partial charge in [-0.15, -0.1) is 0 Å². The van der Waals surface area contributed by atoms with Crippen molar-refractivity contribution in [3.05, 3.63) is 64.2 Å². The predicted octanol–water partition coefficient (Wildman–Crippen LogP) is 3.47. The van der Waals surface area contributed by atoms with Gasteiger partial charge in [0, 0.05) is 11.6 Å². The first-order chi connectivity index (χ1) is 12.7. The number of benzene rings is 2. The maximum Gasteiger partial charge on any atom is 0.240 e. The molecule has 1 amide bonds. The van der Waals surface area contributed by atoms with Crippen LogP contribution in [0.4, 0.5) is 5.69 Å². The quantitative estimate of drug-likeness (QED) is 0.680. The van der Waals surface area contributed by atoms with Gasteiger partial charge in [0.05, 0.1) is 11.9 Å². The molecule has 0 radical (unpaired) electrons.